The summed E-state index contributed by atoms with van der Waals surface area (Å²) >= 11 is 0. The first kappa shape index (κ1) is 6.71. The molecule has 0 amide bonds. The number of fused-ring (bicyclic) bond motifs is 1. The molecule has 1 heteroatoms. The normalized spacial score (nSPS) is 15.0. The maximum Gasteiger partial charge on any atom is 0.111 e. The summed E-state index contributed by atoms with van der Waals surface area (Å²) in [5.41, 5.74) is 2.68. The summed E-state index contributed by atoms with van der Waals surface area (Å²) in [6.45, 7) is 2.16. The van der Waals surface area contributed by atoms with E-state index in [2.05, 4.69) is 19.1 Å². The van der Waals surface area contributed by atoms with Crippen molar-refractivity contribution in [3.63, 3.8) is 0 Å². The van der Waals surface area contributed by atoms with Gasteiger partial charge in [-0.2, -0.15) is 0 Å². The highest BCUT2D eigenvalue weighted by Crippen LogP contribution is 2.24. The zero-order chi connectivity index (χ0) is 7.68. The van der Waals surface area contributed by atoms with E-state index in [-0.39, 0.29) is 0 Å². The van der Waals surface area contributed by atoms with E-state index in [9.17, 15) is 0 Å². The van der Waals surface area contributed by atoms with E-state index in [0.717, 1.165) is 19.3 Å². The molecule has 0 unspecified atom stereocenters. The van der Waals surface area contributed by atoms with Gasteiger partial charge < -0.3 is 4.42 Å². The van der Waals surface area contributed by atoms with E-state index in [1.165, 1.54) is 16.9 Å². The highest BCUT2D eigenvalue weighted by molar-refractivity contribution is 5.57. The molecule has 0 bridgehead atoms. The van der Waals surface area contributed by atoms with Gasteiger partial charge in [-0.3, -0.25) is 0 Å². The molecule has 0 atom stereocenters. The lowest BCUT2D eigenvalue weighted by Crippen LogP contribution is -1.90. The van der Waals surface area contributed by atoms with Crippen molar-refractivity contribution < 1.29 is 4.42 Å². The average molecular weight is 148 g/mol. The predicted octanol–water partition coefficient (Wildman–Crippen LogP) is 2.80. The Bertz CT molecular complexity index is 281. The van der Waals surface area contributed by atoms with Crippen molar-refractivity contribution in [3.8, 4) is 0 Å². The Kier molecular flexibility index (Phi) is 1.57. The Hall–Kier alpha value is -0.980. The zero-order valence-electron chi connectivity index (χ0n) is 6.76. The summed E-state index contributed by atoms with van der Waals surface area (Å²) in [6.07, 6.45) is 9.57. The molecule has 0 radical (unpaired) electrons. The fourth-order valence-electron chi connectivity index (χ4n) is 1.53. The molecule has 0 saturated heterocycles. The van der Waals surface area contributed by atoms with Crippen molar-refractivity contribution in [2.45, 2.75) is 26.2 Å². The van der Waals surface area contributed by atoms with Crippen molar-refractivity contribution in [2.75, 3.05) is 0 Å². The third-order valence-electron chi connectivity index (χ3n) is 2.19. The van der Waals surface area contributed by atoms with Crippen molar-refractivity contribution in [1.82, 2.24) is 0 Å². The monoisotopic (exact) mass is 148 g/mol. The summed E-state index contributed by atoms with van der Waals surface area (Å²) in [5, 5.41) is 0. The van der Waals surface area contributed by atoms with Crippen LogP contribution in [0.3, 0.4) is 0 Å². The van der Waals surface area contributed by atoms with Crippen molar-refractivity contribution in [3.05, 3.63) is 29.2 Å². The van der Waals surface area contributed by atoms with Gasteiger partial charge in [0.05, 0.1) is 6.26 Å². The molecule has 1 aliphatic rings. The summed E-state index contributed by atoms with van der Waals surface area (Å²) in [6, 6.07) is 0. The fourth-order valence-corrected chi connectivity index (χ4v) is 1.53. The largest absolute Gasteiger partial charge is 0.468 e. The van der Waals surface area contributed by atoms with E-state index in [1.807, 2.05) is 6.26 Å². The minimum Gasteiger partial charge on any atom is -0.468 e. The first-order valence-corrected chi connectivity index (χ1v) is 4.17. The van der Waals surface area contributed by atoms with Crippen LogP contribution >= 0.6 is 0 Å². The van der Waals surface area contributed by atoms with Crippen LogP contribution in [0.5, 0.6) is 0 Å². The molecule has 1 aromatic rings. The Morgan fingerprint density at radius 1 is 1.55 bits per heavy atom. The molecular weight excluding hydrogens is 136 g/mol. The van der Waals surface area contributed by atoms with Crippen LogP contribution in [-0.4, -0.2) is 0 Å². The zero-order valence-corrected chi connectivity index (χ0v) is 6.76. The topological polar surface area (TPSA) is 13.1 Å². The Morgan fingerprint density at radius 2 is 2.45 bits per heavy atom. The van der Waals surface area contributed by atoms with Gasteiger partial charge >= 0.3 is 0 Å². The molecule has 0 aliphatic heterocycles. The van der Waals surface area contributed by atoms with Gasteiger partial charge in [0.1, 0.15) is 5.76 Å². The number of aryl methyl sites for hydroxylation is 2. The second-order valence-electron chi connectivity index (χ2n) is 2.89. The van der Waals surface area contributed by atoms with Crippen LogP contribution in [-0.2, 0) is 12.8 Å². The minimum atomic E-state index is 1.07. The number of rotatable bonds is 1. The van der Waals surface area contributed by atoms with Gasteiger partial charge in [-0.05, 0) is 18.4 Å². The van der Waals surface area contributed by atoms with Crippen molar-refractivity contribution >= 4 is 6.08 Å². The molecule has 1 nitrogen and oxygen atoms in total. The first-order chi connectivity index (χ1) is 5.42. The molecule has 0 aromatic carbocycles. The van der Waals surface area contributed by atoms with Gasteiger partial charge in [-0.1, -0.05) is 19.1 Å². The highest BCUT2D eigenvalue weighted by Gasteiger charge is 2.11. The average Bonchev–Trinajstić information content (AvgIpc) is 2.47. The molecular formula is C10H12O. The summed E-state index contributed by atoms with van der Waals surface area (Å²) in [5.74, 6) is 1.17. The van der Waals surface area contributed by atoms with Crippen molar-refractivity contribution in [1.29, 1.82) is 0 Å². The van der Waals surface area contributed by atoms with E-state index >= 15 is 0 Å². The molecule has 11 heavy (non-hydrogen) atoms. The third kappa shape index (κ3) is 1.01. The fraction of sp³-hybridized carbons (Fsp3) is 0.400. The van der Waals surface area contributed by atoms with Gasteiger partial charge in [0.25, 0.3) is 0 Å². The lowest BCUT2D eigenvalue weighted by molar-refractivity contribution is 0.506. The van der Waals surface area contributed by atoms with Gasteiger partial charge in [-0.25, -0.2) is 0 Å². The van der Waals surface area contributed by atoms with Crippen LogP contribution in [0.15, 0.2) is 16.8 Å². The van der Waals surface area contributed by atoms with E-state index in [1.54, 1.807) is 0 Å². The Labute approximate surface area is 66.7 Å². The summed E-state index contributed by atoms with van der Waals surface area (Å²) in [7, 11) is 0. The number of furan rings is 1. The Morgan fingerprint density at radius 3 is 3.27 bits per heavy atom. The molecule has 1 aliphatic carbocycles. The second kappa shape index (κ2) is 2.57. The lowest BCUT2D eigenvalue weighted by atomic mass is 10.0. The van der Waals surface area contributed by atoms with Crippen LogP contribution in [0.1, 0.15) is 30.2 Å². The van der Waals surface area contributed by atoms with E-state index in [0.29, 0.717) is 0 Å². The van der Waals surface area contributed by atoms with Crippen LogP contribution in [0.2, 0.25) is 0 Å². The highest BCUT2D eigenvalue weighted by atomic mass is 16.3. The van der Waals surface area contributed by atoms with Crippen molar-refractivity contribution in [2.24, 2.45) is 0 Å². The smallest absolute Gasteiger partial charge is 0.111 e. The molecule has 1 heterocycles. The summed E-state index contributed by atoms with van der Waals surface area (Å²) < 4.78 is 5.43. The first-order valence-electron chi connectivity index (χ1n) is 4.17. The molecule has 0 spiro atoms. The maximum atomic E-state index is 5.43. The Balaban J connectivity index is 2.48. The summed E-state index contributed by atoms with van der Waals surface area (Å²) in [4.78, 5) is 0. The number of hydrogen-bond acceptors (Lipinski definition) is 1. The lowest BCUT2D eigenvalue weighted by Gasteiger charge is -2.02. The molecule has 0 N–H and O–H groups in total. The molecule has 0 fully saturated rings. The maximum absolute atomic E-state index is 5.43. The molecule has 1 aromatic heterocycles. The molecule has 58 valence electrons. The predicted molar refractivity (Wildman–Crippen MR) is 45.4 cm³/mol. The number of hydrogen-bond donors (Lipinski definition) is 0. The standard InChI is InChI=1S/C10H12O/c1-2-8-7-11-10-6-4-3-5-9(8)10/h3,5,7H,2,4,6H2,1H3. The SMILES string of the molecule is CCc1coc2c1C=CCC2. The molecule has 2 rings (SSSR count). The molecule has 0 saturated carbocycles. The minimum absolute atomic E-state index is 1.07. The van der Waals surface area contributed by atoms with Gasteiger partial charge in [0.2, 0.25) is 0 Å². The van der Waals surface area contributed by atoms with E-state index in [4.69, 9.17) is 4.42 Å². The van der Waals surface area contributed by atoms with Gasteiger partial charge in [-0.15, -0.1) is 0 Å². The van der Waals surface area contributed by atoms with Crippen LogP contribution in [0.25, 0.3) is 6.08 Å². The van der Waals surface area contributed by atoms with Gasteiger partial charge in [0.15, 0.2) is 0 Å². The van der Waals surface area contributed by atoms with E-state index < -0.39 is 0 Å². The van der Waals surface area contributed by atoms with Crippen LogP contribution in [0.4, 0.5) is 0 Å². The second-order valence-corrected chi connectivity index (χ2v) is 2.89. The number of allylic oxidation sites excluding steroid dienone is 1. The third-order valence-corrected chi connectivity index (χ3v) is 2.19. The van der Waals surface area contributed by atoms with Crippen LogP contribution in [0, 0.1) is 0 Å². The quantitative estimate of drug-likeness (QED) is 0.596. The van der Waals surface area contributed by atoms with Crippen LogP contribution < -0.4 is 0 Å². The van der Waals surface area contributed by atoms with Gasteiger partial charge in [0, 0.05) is 12.0 Å².